The maximum atomic E-state index is 7.86. The first-order valence-electron chi connectivity index (χ1n) is 8.28. The van der Waals surface area contributed by atoms with Crippen molar-refractivity contribution in [3.8, 4) is 11.5 Å². The number of hydrogen-bond donors (Lipinski definition) is 2. The first-order valence-corrected chi connectivity index (χ1v) is 8.28. The first kappa shape index (κ1) is 17.5. The molecule has 0 fully saturated rings. The van der Waals surface area contributed by atoms with E-state index in [0.29, 0.717) is 6.42 Å². The molecule has 0 aromatic heterocycles. The first-order chi connectivity index (χ1) is 12.6. The van der Waals surface area contributed by atoms with Gasteiger partial charge in [-0.3, -0.25) is 5.41 Å². The number of allylic oxidation sites excluding steroid dienone is 1. The molecule has 26 heavy (non-hydrogen) atoms. The average molecular weight is 350 g/mol. The summed E-state index contributed by atoms with van der Waals surface area (Å²) in [7, 11) is 3.28. The number of rotatable bonds is 5. The molecule has 0 aliphatic carbocycles. The maximum absolute atomic E-state index is 7.86. The highest BCUT2D eigenvalue weighted by atomic mass is 16.5. The van der Waals surface area contributed by atoms with Gasteiger partial charge in [0, 0.05) is 17.5 Å². The number of methoxy groups -OCH3 is 2. The van der Waals surface area contributed by atoms with Crippen LogP contribution in [0.25, 0.3) is 6.08 Å². The van der Waals surface area contributed by atoms with Crippen molar-refractivity contribution in [3.05, 3.63) is 65.7 Å². The number of nitrogens with zero attached hydrogens (tertiary/aromatic N) is 2. The lowest BCUT2D eigenvalue weighted by atomic mass is 10.0. The molecular formula is C20H22N4O2. The Balaban J connectivity index is 1.87. The van der Waals surface area contributed by atoms with Crippen molar-refractivity contribution >= 4 is 17.7 Å². The Morgan fingerprint density at radius 1 is 1.08 bits per heavy atom. The Hall–Kier alpha value is -3.28. The molecule has 2 aromatic carbocycles. The van der Waals surface area contributed by atoms with E-state index in [9.17, 15) is 0 Å². The molecule has 0 saturated heterocycles. The molecule has 1 aliphatic heterocycles. The number of para-hydroxylation sites is 2. The lowest BCUT2D eigenvalue weighted by molar-refractivity contribution is 0.342. The minimum Gasteiger partial charge on any atom is -0.496 e. The van der Waals surface area contributed by atoms with E-state index in [2.05, 4.69) is 5.10 Å². The maximum Gasteiger partial charge on any atom is 0.209 e. The van der Waals surface area contributed by atoms with Crippen LogP contribution >= 0.6 is 0 Å². The second-order valence-electron chi connectivity index (χ2n) is 5.86. The monoisotopic (exact) mass is 350 g/mol. The number of nitrogens with two attached hydrogens (primary N) is 1. The molecule has 1 unspecified atom stereocenters. The van der Waals surface area contributed by atoms with E-state index in [4.69, 9.17) is 20.6 Å². The van der Waals surface area contributed by atoms with Gasteiger partial charge < -0.3 is 15.2 Å². The summed E-state index contributed by atoms with van der Waals surface area (Å²) in [5.74, 6) is 1.46. The molecule has 134 valence electrons. The van der Waals surface area contributed by atoms with Gasteiger partial charge >= 0.3 is 0 Å². The molecule has 1 atom stereocenters. The molecule has 0 saturated carbocycles. The Bertz CT molecular complexity index is 860. The van der Waals surface area contributed by atoms with Crippen LogP contribution in [0.5, 0.6) is 11.5 Å². The van der Waals surface area contributed by atoms with E-state index in [0.717, 1.165) is 28.3 Å². The fraction of sp³-hybridized carbons (Fsp3) is 0.200. The minimum absolute atomic E-state index is 0.0957. The Morgan fingerprint density at radius 3 is 2.42 bits per heavy atom. The second-order valence-corrected chi connectivity index (χ2v) is 5.86. The van der Waals surface area contributed by atoms with E-state index in [1.54, 1.807) is 14.2 Å². The van der Waals surface area contributed by atoms with Crippen molar-refractivity contribution in [3.63, 3.8) is 0 Å². The Kier molecular flexibility index (Phi) is 5.22. The van der Waals surface area contributed by atoms with E-state index in [1.165, 1.54) is 5.01 Å². The number of hydrazone groups is 1. The molecule has 0 bridgehead atoms. The number of benzene rings is 2. The number of guanidine groups is 1. The minimum atomic E-state index is -0.166. The van der Waals surface area contributed by atoms with Crippen LogP contribution in [0.3, 0.4) is 0 Å². The fourth-order valence-electron chi connectivity index (χ4n) is 3.03. The van der Waals surface area contributed by atoms with Crippen LogP contribution in [0.15, 0.2) is 59.7 Å². The van der Waals surface area contributed by atoms with Crippen molar-refractivity contribution in [2.24, 2.45) is 10.8 Å². The summed E-state index contributed by atoms with van der Waals surface area (Å²) in [5.41, 5.74) is 8.50. The molecule has 0 spiro atoms. The van der Waals surface area contributed by atoms with Gasteiger partial charge in [0.1, 0.15) is 11.5 Å². The third-order valence-electron chi connectivity index (χ3n) is 4.27. The van der Waals surface area contributed by atoms with Crippen LogP contribution in [0.2, 0.25) is 0 Å². The van der Waals surface area contributed by atoms with Crippen molar-refractivity contribution in [2.75, 3.05) is 14.2 Å². The quantitative estimate of drug-likeness (QED) is 0.639. The molecule has 1 heterocycles. The summed E-state index contributed by atoms with van der Waals surface area (Å²) >= 11 is 0. The Labute approximate surface area is 153 Å². The fourth-order valence-corrected chi connectivity index (χ4v) is 3.03. The summed E-state index contributed by atoms with van der Waals surface area (Å²) < 4.78 is 10.8. The number of ether oxygens (including phenoxy) is 2. The summed E-state index contributed by atoms with van der Waals surface area (Å²) in [4.78, 5) is 0. The zero-order valence-electron chi connectivity index (χ0n) is 14.8. The molecule has 3 rings (SSSR count). The van der Waals surface area contributed by atoms with Gasteiger partial charge in [0.25, 0.3) is 0 Å². The number of nitrogens with one attached hydrogen (secondary N) is 1. The summed E-state index contributed by atoms with van der Waals surface area (Å²) in [6.45, 7) is 0. The number of hydrogen-bond acceptors (Lipinski definition) is 4. The van der Waals surface area contributed by atoms with Crippen LogP contribution in [-0.2, 0) is 0 Å². The molecule has 0 amide bonds. The van der Waals surface area contributed by atoms with Crippen molar-refractivity contribution < 1.29 is 9.47 Å². The van der Waals surface area contributed by atoms with Gasteiger partial charge in [-0.15, -0.1) is 0 Å². The summed E-state index contributed by atoms with van der Waals surface area (Å²) in [6.07, 6.45) is 4.52. The van der Waals surface area contributed by atoms with Crippen LogP contribution < -0.4 is 15.2 Å². The van der Waals surface area contributed by atoms with Crippen LogP contribution in [0, 0.1) is 5.41 Å². The van der Waals surface area contributed by atoms with Gasteiger partial charge in [0.2, 0.25) is 5.96 Å². The van der Waals surface area contributed by atoms with E-state index in [1.807, 2.05) is 60.7 Å². The zero-order chi connectivity index (χ0) is 18.5. The molecule has 3 N–H and O–H groups in total. The van der Waals surface area contributed by atoms with E-state index < -0.39 is 0 Å². The van der Waals surface area contributed by atoms with Gasteiger partial charge in [-0.1, -0.05) is 36.4 Å². The lowest BCUT2D eigenvalue weighted by Crippen LogP contribution is -2.32. The zero-order valence-corrected chi connectivity index (χ0v) is 14.8. The highest BCUT2D eigenvalue weighted by Gasteiger charge is 2.30. The summed E-state index contributed by atoms with van der Waals surface area (Å²) in [5, 5.41) is 13.9. The normalized spacial score (nSPS) is 16.6. The molecule has 6 heteroatoms. The average Bonchev–Trinajstić information content (AvgIpc) is 3.11. The van der Waals surface area contributed by atoms with Crippen molar-refractivity contribution in [2.45, 2.75) is 12.5 Å². The van der Waals surface area contributed by atoms with Gasteiger partial charge in [-0.05, 0) is 24.3 Å². The molecule has 2 aromatic rings. The van der Waals surface area contributed by atoms with Crippen molar-refractivity contribution in [1.29, 1.82) is 5.41 Å². The predicted octanol–water partition coefficient (Wildman–Crippen LogP) is 3.41. The standard InChI is InChI=1S/C20H22N4O2/c1-25-18-9-5-3-7-14(18)11-12-15-13-17(24(23-15)20(21)22)16-8-4-6-10-19(16)26-2/h3-12,17H,13H2,1-2H3,(H3,21,22)/b12-11+. The predicted molar refractivity (Wildman–Crippen MR) is 104 cm³/mol. The molecule has 6 nitrogen and oxygen atoms in total. The highest BCUT2D eigenvalue weighted by Crippen LogP contribution is 2.36. The smallest absolute Gasteiger partial charge is 0.209 e. The van der Waals surface area contributed by atoms with Crippen LogP contribution in [0.4, 0.5) is 0 Å². The lowest BCUT2D eigenvalue weighted by Gasteiger charge is -2.23. The SMILES string of the molecule is COc1ccccc1/C=C/C1=NN(C(=N)N)C(c2ccccc2OC)C1. The van der Waals surface area contributed by atoms with E-state index >= 15 is 0 Å². The second kappa shape index (κ2) is 7.74. The molecule has 1 aliphatic rings. The Morgan fingerprint density at radius 2 is 1.73 bits per heavy atom. The van der Waals surface area contributed by atoms with Crippen LogP contribution in [-0.4, -0.2) is 30.9 Å². The molecular weight excluding hydrogens is 328 g/mol. The molecule has 0 radical (unpaired) electrons. The topological polar surface area (TPSA) is 83.9 Å². The van der Waals surface area contributed by atoms with Gasteiger partial charge in [-0.25, -0.2) is 5.01 Å². The van der Waals surface area contributed by atoms with Crippen molar-refractivity contribution in [1.82, 2.24) is 5.01 Å². The highest BCUT2D eigenvalue weighted by molar-refractivity contribution is 6.01. The van der Waals surface area contributed by atoms with Crippen LogP contribution in [0.1, 0.15) is 23.6 Å². The largest absolute Gasteiger partial charge is 0.496 e. The third kappa shape index (κ3) is 3.54. The van der Waals surface area contributed by atoms with Gasteiger partial charge in [0.05, 0.1) is 26.0 Å². The van der Waals surface area contributed by atoms with Gasteiger partial charge in [0.15, 0.2) is 0 Å². The summed E-state index contributed by atoms with van der Waals surface area (Å²) in [6, 6.07) is 15.3. The third-order valence-corrected chi connectivity index (χ3v) is 4.27. The van der Waals surface area contributed by atoms with Gasteiger partial charge in [-0.2, -0.15) is 5.10 Å². The van der Waals surface area contributed by atoms with E-state index in [-0.39, 0.29) is 12.0 Å².